The van der Waals surface area contributed by atoms with Crippen molar-refractivity contribution < 1.29 is 18.3 Å². The fourth-order valence-corrected chi connectivity index (χ4v) is 1.59. The third-order valence-electron chi connectivity index (χ3n) is 2.38. The smallest absolute Gasteiger partial charge is 0.392 e. The van der Waals surface area contributed by atoms with Gasteiger partial charge in [-0.3, -0.25) is 0 Å². The van der Waals surface area contributed by atoms with Gasteiger partial charge in [-0.2, -0.15) is 13.2 Å². The lowest BCUT2D eigenvalue weighted by molar-refractivity contribution is -0.146. The molecular formula is C10H9F3N2O. The lowest BCUT2D eigenvalue weighted by Crippen LogP contribution is -2.12. The maximum atomic E-state index is 12.5. The number of aromatic nitrogens is 2. The molecule has 0 fully saturated rings. The van der Waals surface area contributed by atoms with Crippen molar-refractivity contribution in [3.63, 3.8) is 0 Å². The van der Waals surface area contributed by atoms with Gasteiger partial charge < -0.3 is 9.67 Å². The average Bonchev–Trinajstić information content (AvgIpc) is 2.55. The van der Waals surface area contributed by atoms with Crippen molar-refractivity contribution in [1.29, 1.82) is 0 Å². The Morgan fingerprint density at radius 2 is 2.06 bits per heavy atom. The van der Waals surface area contributed by atoms with Gasteiger partial charge in [-0.25, -0.2) is 4.98 Å². The van der Waals surface area contributed by atoms with Gasteiger partial charge in [-0.15, -0.1) is 0 Å². The molecule has 0 unspecified atom stereocenters. The van der Waals surface area contributed by atoms with Gasteiger partial charge >= 0.3 is 6.18 Å². The Morgan fingerprint density at radius 1 is 1.38 bits per heavy atom. The topological polar surface area (TPSA) is 38.0 Å². The third kappa shape index (κ3) is 1.65. The maximum Gasteiger partial charge on any atom is 0.449 e. The number of imidazole rings is 1. The van der Waals surface area contributed by atoms with Gasteiger partial charge in [0.1, 0.15) is 0 Å². The van der Waals surface area contributed by atoms with Crippen molar-refractivity contribution in [2.24, 2.45) is 7.05 Å². The summed E-state index contributed by atoms with van der Waals surface area (Å²) in [6.07, 6.45) is -4.47. The molecule has 2 rings (SSSR count). The van der Waals surface area contributed by atoms with E-state index in [4.69, 9.17) is 5.11 Å². The Kier molecular flexibility index (Phi) is 2.38. The van der Waals surface area contributed by atoms with Gasteiger partial charge in [0, 0.05) is 7.05 Å². The molecule has 1 N–H and O–H groups in total. The van der Waals surface area contributed by atoms with Crippen molar-refractivity contribution >= 4 is 11.0 Å². The number of halogens is 3. The van der Waals surface area contributed by atoms with Crippen molar-refractivity contribution in [2.45, 2.75) is 12.8 Å². The predicted molar refractivity (Wildman–Crippen MR) is 51.6 cm³/mol. The second-order valence-corrected chi connectivity index (χ2v) is 3.47. The van der Waals surface area contributed by atoms with Crippen LogP contribution in [0, 0.1) is 0 Å². The van der Waals surface area contributed by atoms with Crippen LogP contribution in [0.15, 0.2) is 18.2 Å². The van der Waals surface area contributed by atoms with Crippen LogP contribution in [-0.2, 0) is 19.8 Å². The Labute approximate surface area is 89.1 Å². The summed E-state index contributed by atoms with van der Waals surface area (Å²) in [5.74, 6) is -0.933. The lowest BCUT2D eigenvalue weighted by atomic mass is 10.2. The van der Waals surface area contributed by atoms with E-state index in [1.807, 2.05) is 0 Å². The summed E-state index contributed by atoms with van der Waals surface area (Å²) in [7, 11) is 1.30. The van der Waals surface area contributed by atoms with Crippen molar-refractivity contribution in [1.82, 2.24) is 9.55 Å². The largest absolute Gasteiger partial charge is 0.449 e. The molecular weight excluding hydrogens is 221 g/mol. The van der Waals surface area contributed by atoms with Crippen LogP contribution in [0.3, 0.4) is 0 Å². The van der Waals surface area contributed by atoms with Crippen LogP contribution >= 0.6 is 0 Å². The van der Waals surface area contributed by atoms with E-state index in [2.05, 4.69) is 4.98 Å². The molecule has 1 heterocycles. The third-order valence-corrected chi connectivity index (χ3v) is 2.38. The fourth-order valence-electron chi connectivity index (χ4n) is 1.59. The summed E-state index contributed by atoms with van der Waals surface area (Å²) in [5.41, 5.74) is 1.19. The summed E-state index contributed by atoms with van der Waals surface area (Å²) >= 11 is 0. The van der Waals surface area contributed by atoms with E-state index in [9.17, 15) is 13.2 Å². The van der Waals surface area contributed by atoms with Crippen LogP contribution in [0.2, 0.25) is 0 Å². The molecule has 2 aromatic rings. The summed E-state index contributed by atoms with van der Waals surface area (Å²) in [4.78, 5) is 3.52. The number of hydrogen-bond donors (Lipinski definition) is 1. The van der Waals surface area contributed by atoms with Gasteiger partial charge in [0.2, 0.25) is 5.82 Å². The number of nitrogens with zero attached hydrogens (tertiary/aromatic N) is 2. The van der Waals surface area contributed by atoms with Crippen LogP contribution in [0.1, 0.15) is 11.4 Å². The zero-order chi connectivity index (χ0) is 11.9. The number of aliphatic hydroxyl groups is 1. The second-order valence-electron chi connectivity index (χ2n) is 3.47. The average molecular weight is 230 g/mol. The van der Waals surface area contributed by atoms with E-state index in [-0.39, 0.29) is 12.1 Å². The van der Waals surface area contributed by atoms with Crippen LogP contribution in [0.5, 0.6) is 0 Å². The maximum absolute atomic E-state index is 12.5. The SMILES string of the molecule is Cn1c(C(F)(F)F)nc2ccc(CO)cc21. The molecule has 0 saturated heterocycles. The lowest BCUT2D eigenvalue weighted by Gasteiger charge is -2.05. The minimum absolute atomic E-state index is 0.206. The molecule has 1 aromatic heterocycles. The second kappa shape index (κ2) is 3.48. The molecule has 0 atom stereocenters. The van der Waals surface area contributed by atoms with Crippen LogP contribution in [-0.4, -0.2) is 14.7 Å². The molecule has 0 radical (unpaired) electrons. The minimum atomic E-state index is -4.47. The number of aliphatic hydroxyl groups excluding tert-OH is 1. The fraction of sp³-hybridized carbons (Fsp3) is 0.300. The van der Waals surface area contributed by atoms with Crippen LogP contribution in [0.25, 0.3) is 11.0 Å². The molecule has 3 nitrogen and oxygen atoms in total. The number of hydrogen-bond acceptors (Lipinski definition) is 2. The molecule has 0 saturated carbocycles. The Morgan fingerprint density at radius 3 is 2.62 bits per heavy atom. The molecule has 0 aliphatic heterocycles. The van der Waals surface area contributed by atoms with E-state index >= 15 is 0 Å². The quantitative estimate of drug-likeness (QED) is 0.814. The highest BCUT2D eigenvalue weighted by Gasteiger charge is 2.36. The van der Waals surface area contributed by atoms with E-state index in [1.165, 1.54) is 19.2 Å². The normalized spacial score (nSPS) is 12.3. The first-order chi connectivity index (χ1) is 7.43. The standard InChI is InChI=1S/C10H9F3N2O/c1-15-8-4-6(5-16)2-3-7(8)14-9(15)10(11,12)13/h2-4,16H,5H2,1H3. The summed E-state index contributed by atoms with van der Waals surface area (Å²) in [6.45, 7) is -0.206. The highest BCUT2D eigenvalue weighted by molar-refractivity contribution is 5.76. The highest BCUT2D eigenvalue weighted by atomic mass is 19.4. The molecule has 86 valence electrons. The van der Waals surface area contributed by atoms with Crippen molar-refractivity contribution in [3.05, 3.63) is 29.6 Å². The molecule has 0 spiro atoms. The molecule has 0 amide bonds. The predicted octanol–water partition coefficient (Wildman–Crippen LogP) is 2.08. The molecule has 16 heavy (non-hydrogen) atoms. The number of rotatable bonds is 1. The van der Waals surface area contributed by atoms with Gasteiger partial charge in [-0.05, 0) is 17.7 Å². The summed E-state index contributed by atoms with van der Waals surface area (Å²) in [5, 5.41) is 8.90. The molecule has 0 aliphatic carbocycles. The van der Waals surface area contributed by atoms with Crippen LogP contribution in [0.4, 0.5) is 13.2 Å². The minimum Gasteiger partial charge on any atom is -0.392 e. The molecule has 0 aliphatic rings. The van der Waals surface area contributed by atoms with Crippen molar-refractivity contribution in [3.8, 4) is 0 Å². The van der Waals surface area contributed by atoms with E-state index in [0.29, 0.717) is 11.1 Å². The first-order valence-corrected chi connectivity index (χ1v) is 4.57. The van der Waals surface area contributed by atoms with E-state index < -0.39 is 12.0 Å². The van der Waals surface area contributed by atoms with Gasteiger partial charge in [0.05, 0.1) is 17.6 Å². The first kappa shape index (κ1) is 10.9. The zero-order valence-corrected chi connectivity index (χ0v) is 8.41. The number of alkyl halides is 3. The monoisotopic (exact) mass is 230 g/mol. The van der Waals surface area contributed by atoms with Crippen LogP contribution < -0.4 is 0 Å². The molecule has 1 aromatic carbocycles. The number of fused-ring (bicyclic) bond motifs is 1. The first-order valence-electron chi connectivity index (χ1n) is 4.57. The Balaban J connectivity index is 2.69. The van der Waals surface area contributed by atoms with Crippen molar-refractivity contribution in [2.75, 3.05) is 0 Å². The summed E-state index contributed by atoms with van der Waals surface area (Å²) in [6, 6.07) is 4.52. The number of benzene rings is 1. The molecule has 0 bridgehead atoms. The van der Waals surface area contributed by atoms with Gasteiger partial charge in [0.25, 0.3) is 0 Å². The number of aryl methyl sites for hydroxylation is 1. The highest BCUT2D eigenvalue weighted by Crippen LogP contribution is 2.30. The Bertz CT molecular complexity index is 531. The van der Waals surface area contributed by atoms with E-state index in [0.717, 1.165) is 4.57 Å². The zero-order valence-electron chi connectivity index (χ0n) is 8.41. The Hall–Kier alpha value is -1.56. The van der Waals surface area contributed by atoms with E-state index in [1.54, 1.807) is 6.07 Å². The molecule has 6 heteroatoms. The van der Waals surface area contributed by atoms with Gasteiger partial charge in [-0.1, -0.05) is 6.07 Å². The summed E-state index contributed by atoms with van der Waals surface area (Å²) < 4.78 is 38.6. The van der Waals surface area contributed by atoms with Gasteiger partial charge in [0.15, 0.2) is 0 Å².